The normalized spacial score (nSPS) is 11.9. The van der Waals surface area contributed by atoms with Gasteiger partial charge in [-0.25, -0.2) is 0 Å². The lowest BCUT2D eigenvalue weighted by Crippen LogP contribution is -2.05. The molecule has 6 heteroatoms. The molecule has 0 spiro atoms. The van der Waals surface area contributed by atoms with E-state index in [9.17, 15) is 13.2 Å². The summed E-state index contributed by atoms with van der Waals surface area (Å²) in [4.78, 5) is 0. The van der Waals surface area contributed by atoms with Gasteiger partial charge in [-0.05, 0) is 0 Å². The number of alkyl halides is 3. The molecule has 0 aromatic carbocycles. The summed E-state index contributed by atoms with van der Waals surface area (Å²) in [5, 5.41) is 7.31. The molecule has 0 atom stereocenters. The third-order valence-corrected chi connectivity index (χ3v) is 0.657. The molecular formula is C3HF3N3. The van der Waals surface area contributed by atoms with Crippen LogP contribution < -0.4 is 0 Å². The topological polar surface area (TPSA) is 41.6 Å². The van der Waals surface area contributed by atoms with Gasteiger partial charge < -0.3 is 0 Å². The van der Waals surface area contributed by atoms with Crippen molar-refractivity contribution in [2.24, 2.45) is 0 Å². The van der Waals surface area contributed by atoms with Gasteiger partial charge in [-0.15, -0.1) is 5.10 Å². The summed E-state index contributed by atoms with van der Waals surface area (Å²) in [6.07, 6.45) is -2.78. The van der Waals surface area contributed by atoms with E-state index < -0.39 is 11.9 Å². The smallest absolute Gasteiger partial charge is 0.253 e. The van der Waals surface area contributed by atoms with E-state index in [0.717, 1.165) is 0 Å². The third kappa shape index (κ3) is 1.18. The van der Waals surface area contributed by atoms with E-state index >= 15 is 0 Å². The van der Waals surface area contributed by atoms with Crippen LogP contribution in [0.3, 0.4) is 0 Å². The van der Waals surface area contributed by atoms with Crippen LogP contribution in [0.25, 0.3) is 0 Å². The predicted molar refractivity (Wildman–Crippen MR) is 20.2 cm³/mol. The number of nitrogens with one attached hydrogen (secondary N) is 1. The zero-order chi connectivity index (χ0) is 6.91. The lowest BCUT2D eigenvalue weighted by molar-refractivity contribution is -0.141. The molecule has 1 aromatic rings. The molecular weight excluding hydrogens is 135 g/mol. The average molecular weight is 136 g/mol. The van der Waals surface area contributed by atoms with Gasteiger partial charge in [-0.1, -0.05) is 5.21 Å². The second kappa shape index (κ2) is 1.71. The lowest BCUT2D eigenvalue weighted by Gasteiger charge is -1.97. The van der Waals surface area contributed by atoms with Crippen molar-refractivity contribution in [3.63, 3.8) is 0 Å². The van der Waals surface area contributed by atoms with E-state index in [1.165, 1.54) is 0 Å². The molecule has 9 heavy (non-hydrogen) atoms. The molecule has 0 aliphatic heterocycles. The molecule has 3 nitrogen and oxygen atoms in total. The average Bonchev–Trinajstić information content (AvgIpc) is 2.08. The standard InChI is InChI=1S/C3HF3N3/c4-3(5,6)2-1-7-9-8-2/h(H,7,8,9). The molecule has 0 amide bonds. The first-order chi connectivity index (χ1) is 4.11. The summed E-state index contributed by atoms with van der Waals surface area (Å²) < 4.78 is 34.4. The Bertz CT molecular complexity index is 177. The zero-order valence-electron chi connectivity index (χ0n) is 4.03. The van der Waals surface area contributed by atoms with Crippen molar-refractivity contribution < 1.29 is 13.2 Å². The monoisotopic (exact) mass is 136 g/mol. The largest absolute Gasteiger partial charge is 0.435 e. The van der Waals surface area contributed by atoms with Crippen molar-refractivity contribution in [2.45, 2.75) is 6.18 Å². The molecule has 1 rings (SSSR count). The van der Waals surface area contributed by atoms with E-state index in [0.29, 0.717) is 0 Å². The lowest BCUT2D eigenvalue weighted by atomic mass is 10.5. The van der Waals surface area contributed by atoms with E-state index in [1.807, 2.05) is 0 Å². The molecule has 49 valence electrons. The Hall–Kier alpha value is -1.07. The first-order valence-corrected chi connectivity index (χ1v) is 1.96. The summed E-state index contributed by atoms with van der Waals surface area (Å²) in [5.74, 6) is 0. The van der Waals surface area contributed by atoms with Crippen LogP contribution in [0.5, 0.6) is 0 Å². The van der Waals surface area contributed by atoms with Gasteiger partial charge in [-0.2, -0.15) is 13.2 Å². The zero-order valence-corrected chi connectivity index (χ0v) is 4.03. The Labute approximate surface area is 47.9 Å². The third-order valence-electron chi connectivity index (χ3n) is 0.657. The highest BCUT2D eigenvalue weighted by Gasteiger charge is 2.33. The highest BCUT2D eigenvalue weighted by molar-refractivity contribution is 4.93. The van der Waals surface area contributed by atoms with E-state index in [4.69, 9.17) is 0 Å². The maximum absolute atomic E-state index is 11.5. The second-order valence-corrected chi connectivity index (χ2v) is 1.30. The first kappa shape index (κ1) is 6.06. The van der Waals surface area contributed by atoms with Crippen molar-refractivity contribution in [3.05, 3.63) is 11.9 Å². The molecule has 0 aliphatic carbocycles. The molecule has 0 fully saturated rings. The van der Waals surface area contributed by atoms with Crippen LogP contribution in [0.15, 0.2) is 0 Å². The Kier molecular flexibility index (Phi) is 1.15. The van der Waals surface area contributed by atoms with Crippen molar-refractivity contribution >= 4 is 0 Å². The molecule has 0 bridgehead atoms. The fourth-order valence-corrected chi connectivity index (χ4v) is 0.302. The van der Waals surface area contributed by atoms with Crippen LogP contribution in [-0.4, -0.2) is 15.4 Å². The maximum Gasteiger partial charge on any atom is 0.435 e. The summed E-state index contributed by atoms with van der Waals surface area (Å²) in [6, 6.07) is 0. The number of H-pyrrole nitrogens is 1. The van der Waals surface area contributed by atoms with Gasteiger partial charge in [0.2, 0.25) is 0 Å². The Morgan fingerprint density at radius 2 is 2.11 bits per heavy atom. The minimum Gasteiger partial charge on any atom is -0.253 e. The number of halogens is 3. The molecule has 1 aromatic heterocycles. The fraction of sp³-hybridized carbons (Fsp3) is 0.333. The Balaban J connectivity index is 2.90. The predicted octanol–water partition coefficient (Wildman–Crippen LogP) is 0.624. The quantitative estimate of drug-likeness (QED) is 0.568. The SMILES string of the molecule is FC(F)(F)c1[c]nn[nH]1. The van der Waals surface area contributed by atoms with Gasteiger partial charge in [-0.3, -0.25) is 5.10 Å². The first-order valence-electron chi connectivity index (χ1n) is 1.96. The number of nitrogens with zero attached hydrogens (tertiary/aromatic N) is 2. The van der Waals surface area contributed by atoms with Gasteiger partial charge in [0.25, 0.3) is 0 Å². The second-order valence-electron chi connectivity index (χ2n) is 1.30. The van der Waals surface area contributed by atoms with Gasteiger partial charge in [0.05, 0.1) is 0 Å². The number of hydrogen-bond acceptors (Lipinski definition) is 2. The molecule has 1 N–H and O–H groups in total. The van der Waals surface area contributed by atoms with Gasteiger partial charge in [0.1, 0.15) is 6.20 Å². The minimum absolute atomic E-state index is 1.05. The van der Waals surface area contributed by atoms with E-state index in [-0.39, 0.29) is 0 Å². The van der Waals surface area contributed by atoms with Crippen LogP contribution >= 0.6 is 0 Å². The van der Waals surface area contributed by atoms with Crippen molar-refractivity contribution in [1.82, 2.24) is 15.4 Å². The van der Waals surface area contributed by atoms with Crippen LogP contribution in [-0.2, 0) is 6.18 Å². The molecule has 0 saturated carbocycles. The molecule has 0 saturated heterocycles. The van der Waals surface area contributed by atoms with Crippen molar-refractivity contribution in [1.29, 1.82) is 0 Å². The van der Waals surface area contributed by atoms with Crippen LogP contribution in [0.4, 0.5) is 13.2 Å². The summed E-state index contributed by atoms with van der Waals surface area (Å²) in [5.41, 5.74) is -1.05. The van der Waals surface area contributed by atoms with Gasteiger partial charge in [0.15, 0.2) is 5.69 Å². The summed E-state index contributed by atoms with van der Waals surface area (Å²) in [7, 11) is 0. The summed E-state index contributed by atoms with van der Waals surface area (Å²) >= 11 is 0. The fourth-order valence-electron chi connectivity index (χ4n) is 0.302. The molecule has 1 heterocycles. The maximum atomic E-state index is 11.5. The number of hydrogen-bond donors (Lipinski definition) is 1. The Morgan fingerprint density at radius 3 is 2.33 bits per heavy atom. The molecule has 1 radical (unpaired) electrons. The number of aromatic amines is 1. The van der Waals surface area contributed by atoms with Crippen LogP contribution in [0.1, 0.15) is 5.69 Å². The number of aromatic nitrogens is 3. The molecule has 0 aliphatic rings. The van der Waals surface area contributed by atoms with E-state index in [1.54, 1.807) is 11.3 Å². The minimum atomic E-state index is -4.41. The van der Waals surface area contributed by atoms with Gasteiger partial charge >= 0.3 is 6.18 Å². The highest BCUT2D eigenvalue weighted by atomic mass is 19.4. The highest BCUT2D eigenvalue weighted by Crippen LogP contribution is 2.25. The summed E-state index contributed by atoms with van der Waals surface area (Å²) in [6.45, 7) is 0. The van der Waals surface area contributed by atoms with Crippen LogP contribution in [0, 0.1) is 6.20 Å². The van der Waals surface area contributed by atoms with Gasteiger partial charge in [0, 0.05) is 0 Å². The van der Waals surface area contributed by atoms with Crippen molar-refractivity contribution in [3.8, 4) is 0 Å². The Morgan fingerprint density at radius 1 is 1.44 bits per heavy atom. The molecule has 0 unspecified atom stereocenters. The van der Waals surface area contributed by atoms with Crippen LogP contribution in [0.2, 0.25) is 0 Å². The van der Waals surface area contributed by atoms with E-state index in [2.05, 4.69) is 10.3 Å². The van der Waals surface area contributed by atoms with Crippen molar-refractivity contribution in [2.75, 3.05) is 0 Å². The number of rotatable bonds is 0.